The smallest absolute Gasteiger partial charge is 0.414 e. The molecular formula is C22H25N3O4. The van der Waals surface area contributed by atoms with Gasteiger partial charge in [-0.1, -0.05) is 12.1 Å². The molecule has 0 unspecified atom stereocenters. The van der Waals surface area contributed by atoms with E-state index in [1.165, 1.54) is 0 Å². The number of hydrogen-bond acceptors (Lipinski definition) is 5. The number of amides is 2. The first-order valence-electron chi connectivity index (χ1n) is 9.87. The number of hydrogen-bond donors (Lipinski definition) is 0. The molecular weight excluding hydrogens is 370 g/mol. The van der Waals surface area contributed by atoms with E-state index in [1.807, 2.05) is 18.2 Å². The topological polar surface area (TPSA) is 62.3 Å². The second-order valence-electron chi connectivity index (χ2n) is 7.24. The van der Waals surface area contributed by atoms with Crippen molar-refractivity contribution in [3.63, 3.8) is 0 Å². The molecule has 0 saturated carbocycles. The van der Waals surface area contributed by atoms with Crippen LogP contribution in [0.3, 0.4) is 0 Å². The number of likely N-dealkylation sites (N-methyl/N-ethyl adjacent to an activating group) is 2. The summed E-state index contributed by atoms with van der Waals surface area (Å²) < 4.78 is 11.1. The lowest BCUT2D eigenvalue weighted by Gasteiger charge is -2.37. The molecule has 2 aromatic carbocycles. The molecule has 2 aromatic rings. The summed E-state index contributed by atoms with van der Waals surface area (Å²) in [5, 5.41) is 0. The minimum Gasteiger partial charge on any atom is -0.485 e. The fourth-order valence-corrected chi connectivity index (χ4v) is 3.79. The number of rotatable bonds is 5. The number of para-hydroxylation sites is 2. The highest BCUT2D eigenvalue weighted by molar-refractivity contribution is 5.95. The second-order valence-corrected chi connectivity index (χ2v) is 7.24. The Bertz CT molecular complexity index is 899. The number of carbonyl (C=O) groups excluding carboxylic acids is 2. The van der Waals surface area contributed by atoms with Crippen LogP contribution in [0.5, 0.6) is 5.75 Å². The zero-order valence-corrected chi connectivity index (χ0v) is 16.7. The van der Waals surface area contributed by atoms with Crippen LogP contribution in [0.2, 0.25) is 0 Å². The largest absolute Gasteiger partial charge is 0.485 e. The van der Waals surface area contributed by atoms with Gasteiger partial charge in [0.1, 0.15) is 18.5 Å². The van der Waals surface area contributed by atoms with Crippen LogP contribution >= 0.6 is 0 Å². The molecule has 0 bridgehead atoms. The third-order valence-electron chi connectivity index (χ3n) is 5.32. The molecule has 2 aliphatic rings. The molecule has 1 saturated heterocycles. The summed E-state index contributed by atoms with van der Waals surface area (Å²) in [5.41, 5.74) is 2.40. The number of nitrogens with zero attached hydrogens (tertiary/aromatic N) is 3. The first-order chi connectivity index (χ1) is 14.1. The maximum absolute atomic E-state index is 12.9. The summed E-state index contributed by atoms with van der Waals surface area (Å²) in [6, 6.07) is 15.0. The lowest BCUT2D eigenvalue weighted by molar-refractivity contribution is 0.0709. The highest BCUT2D eigenvalue weighted by Crippen LogP contribution is 2.33. The number of carbonyl (C=O) groups is 2. The third kappa shape index (κ3) is 3.85. The molecule has 152 valence electrons. The van der Waals surface area contributed by atoms with Crippen LogP contribution in [0.15, 0.2) is 48.5 Å². The highest BCUT2D eigenvalue weighted by Gasteiger charge is 2.27. The Kier molecular flexibility index (Phi) is 5.29. The van der Waals surface area contributed by atoms with Gasteiger partial charge in [0.05, 0.1) is 25.3 Å². The number of fused-ring (bicyclic) bond motifs is 1. The van der Waals surface area contributed by atoms with Gasteiger partial charge in [0.25, 0.3) is 5.91 Å². The molecule has 0 radical (unpaired) electrons. The SMILES string of the molecule is CCN1C[C@H](CN(C)C(=O)c2ccc(N3CCOC3=O)cc2)Oc2ccccc21. The molecule has 1 atom stereocenters. The van der Waals surface area contributed by atoms with E-state index in [0.29, 0.717) is 25.3 Å². The van der Waals surface area contributed by atoms with Gasteiger partial charge in [-0.3, -0.25) is 9.69 Å². The van der Waals surface area contributed by atoms with E-state index in [-0.39, 0.29) is 18.1 Å². The molecule has 1 fully saturated rings. The predicted octanol–water partition coefficient (Wildman–Crippen LogP) is 3.00. The molecule has 7 heteroatoms. The molecule has 0 aromatic heterocycles. The zero-order chi connectivity index (χ0) is 20.4. The zero-order valence-electron chi connectivity index (χ0n) is 16.7. The van der Waals surface area contributed by atoms with Crippen LogP contribution in [0, 0.1) is 0 Å². The lowest BCUT2D eigenvalue weighted by atomic mass is 10.1. The fourth-order valence-electron chi connectivity index (χ4n) is 3.79. The van der Waals surface area contributed by atoms with E-state index in [9.17, 15) is 9.59 Å². The first-order valence-corrected chi connectivity index (χ1v) is 9.87. The average molecular weight is 395 g/mol. The van der Waals surface area contributed by atoms with Gasteiger partial charge in [-0.25, -0.2) is 4.79 Å². The minimum absolute atomic E-state index is 0.0777. The van der Waals surface area contributed by atoms with Gasteiger partial charge in [0.15, 0.2) is 0 Å². The number of cyclic esters (lactones) is 1. The van der Waals surface area contributed by atoms with Gasteiger partial charge < -0.3 is 19.3 Å². The van der Waals surface area contributed by atoms with Gasteiger partial charge in [0, 0.05) is 24.8 Å². The average Bonchev–Trinajstić information content (AvgIpc) is 3.18. The minimum atomic E-state index is -0.351. The Labute approximate surface area is 170 Å². The van der Waals surface area contributed by atoms with Gasteiger partial charge in [-0.05, 0) is 43.3 Å². The van der Waals surface area contributed by atoms with E-state index >= 15 is 0 Å². The summed E-state index contributed by atoms with van der Waals surface area (Å²) in [5.74, 6) is 0.777. The lowest BCUT2D eigenvalue weighted by Crippen LogP contribution is -2.46. The first kappa shape index (κ1) is 19.1. The predicted molar refractivity (Wildman–Crippen MR) is 111 cm³/mol. The Morgan fingerprint density at radius 3 is 2.62 bits per heavy atom. The van der Waals surface area contributed by atoms with Crippen molar-refractivity contribution in [2.24, 2.45) is 0 Å². The Hall–Kier alpha value is -3.22. The number of anilines is 2. The van der Waals surface area contributed by atoms with Crippen molar-refractivity contribution >= 4 is 23.4 Å². The van der Waals surface area contributed by atoms with E-state index in [0.717, 1.165) is 30.2 Å². The van der Waals surface area contributed by atoms with Crippen LogP contribution in [0.25, 0.3) is 0 Å². The molecule has 29 heavy (non-hydrogen) atoms. The van der Waals surface area contributed by atoms with E-state index in [1.54, 1.807) is 41.1 Å². The normalized spacial score (nSPS) is 18.1. The third-order valence-corrected chi connectivity index (χ3v) is 5.32. The maximum Gasteiger partial charge on any atom is 0.414 e. The van der Waals surface area contributed by atoms with Crippen molar-refractivity contribution in [1.29, 1.82) is 0 Å². The maximum atomic E-state index is 12.9. The van der Waals surface area contributed by atoms with Crippen molar-refractivity contribution < 1.29 is 19.1 Å². The Morgan fingerprint density at radius 1 is 1.17 bits per heavy atom. The van der Waals surface area contributed by atoms with Crippen LogP contribution in [0.4, 0.5) is 16.2 Å². The van der Waals surface area contributed by atoms with Gasteiger partial charge in [-0.15, -0.1) is 0 Å². The molecule has 4 rings (SSSR count). The molecule has 2 aliphatic heterocycles. The van der Waals surface area contributed by atoms with Crippen LogP contribution in [-0.4, -0.2) is 62.8 Å². The summed E-state index contributed by atoms with van der Waals surface area (Å²) in [6.07, 6.45) is -0.450. The quantitative estimate of drug-likeness (QED) is 0.779. The summed E-state index contributed by atoms with van der Waals surface area (Å²) in [7, 11) is 1.79. The molecule has 7 nitrogen and oxygen atoms in total. The van der Waals surface area contributed by atoms with Crippen molar-refractivity contribution in [2.45, 2.75) is 13.0 Å². The highest BCUT2D eigenvalue weighted by atomic mass is 16.6. The van der Waals surface area contributed by atoms with E-state index in [4.69, 9.17) is 9.47 Å². The summed E-state index contributed by atoms with van der Waals surface area (Å²) >= 11 is 0. The van der Waals surface area contributed by atoms with Gasteiger partial charge in [-0.2, -0.15) is 0 Å². The fraction of sp³-hybridized carbons (Fsp3) is 0.364. The van der Waals surface area contributed by atoms with Gasteiger partial charge in [0.2, 0.25) is 0 Å². The Morgan fingerprint density at radius 2 is 1.93 bits per heavy atom. The molecule has 0 spiro atoms. The van der Waals surface area contributed by atoms with E-state index < -0.39 is 0 Å². The molecule has 2 amide bonds. The van der Waals surface area contributed by atoms with Crippen LogP contribution < -0.4 is 14.5 Å². The van der Waals surface area contributed by atoms with Crippen molar-refractivity contribution in [3.8, 4) is 5.75 Å². The van der Waals surface area contributed by atoms with Crippen molar-refractivity contribution in [3.05, 3.63) is 54.1 Å². The van der Waals surface area contributed by atoms with Crippen molar-refractivity contribution in [1.82, 2.24) is 4.90 Å². The second kappa shape index (κ2) is 8.03. The van der Waals surface area contributed by atoms with Crippen LogP contribution in [-0.2, 0) is 4.74 Å². The van der Waals surface area contributed by atoms with Gasteiger partial charge >= 0.3 is 6.09 Å². The molecule has 0 N–H and O–H groups in total. The van der Waals surface area contributed by atoms with E-state index in [2.05, 4.69) is 17.9 Å². The Balaban J connectivity index is 1.41. The standard InChI is InChI=1S/C22H25N3O4/c1-3-24-15-18(29-20-7-5-4-6-19(20)24)14-23(2)21(26)16-8-10-17(11-9-16)25-12-13-28-22(25)27/h4-11,18H,3,12-15H2,1-2H3/t18-/m0/s1. The summed E-state index contributed by atoms with van der Waals surface area (Å²) in [6.45, 7) is 5.15. The molecule has 0 aliphatic carbocycles. The van der Waals surface area contributed by atoms with Crippen LogP contribution in [0.1, 0.15) is 17.3 Å². The number of ether oxygens (including phenoxy) is 2. The summed E-state index contributed by atoms with van der Waals surface area (Å²) in [4.78, 5) is 30.1. The molecule has 2 heterocycles. The monoisotopic (exact) mass is 395 g/mol. The number of benzene rings is 2. The van der Waals surface area contributed by atoms with Crippen molar-refractivity contribution in [2.75, 3.05) is 49.6 Å².